The molecular weight excluding hydrogens is 464 g/mol. The van der Waals surface area contributed by atoms with Crippen LogP contribution in [-0.2, 0) is 29.2 Å². The van der Waals surface area contributed by atoms with Crippen LogP contribution in [0, 0.1) is 0 Å². The molecule has 1 atom stereocenters. The highest BCUT2D eigenvalue weighted by atomic mass is 32.1. The average Bonchev–Trinajstić information content (AvgIpc) is 3.66. The van der Waals surface area contributed by atoms with Crippen molar-refractivity contribution in [3.8, 4) is 0 Å². The van der Waals surface area contributed by atoms with E-state index in [0.29, 0.717) is 16.8 Å². The SMILES string of the molecule is O=C(NCc1ccco1)[C@H](c1cccnc1)N(Cc1cccs1)C(=O)Cn1nnc2ccccc21. The Kier molecular flexibility index (Phi) is 6.62. The molecule has 1 N–H and O–H groups in total. The van der Waals surface area contributed by atoms with E-state index in [1.54, 1.807) is 52.5 Å². The lowest BCUT2D eigenvalue weighted by molar-refractivity contribution is -0.142. The van der Waals surface area contributed by atoms with E-state index in [1.165, 1.54) is 11.3 Å². The van der Waals surface area contributed by atoms with E-state index in [9.17, 15) is 9.59 Å². The van der Waals surface area contributed by atoms with Gasteiger partial charge in [-0.25, -0.2) is 4.68 Å². The molecular formula is C25H22N6O3S. The average molecular weight is 487 g/mol. The summed E-state index contributed by atoms with van der Waals surface area (Å²) in [6.07, 6.45) is 4.79. The minimum Gasteiger partial charge on any atom is -0.467 e. The number of carbonyl (C=O) groups excluding carboxylic acids is 2. The Morgan fingerprint density at radius 1 is 1.09 bits per heavy atom. The maximum absolute atomic E-state index is 13.8. The molecule has 176 valence electrons. The number of rotatable bonds is 9. The summed E-state index contributed by atoms with van der Waals surface area (Å²) >= 11 is 1.52. The van der Waals surface area contributed by atoms with E-state index in [4.69, 9.17) is 4.42 Å². The van der Waals surface area contributed by atoms with Crippen LogP contribution in [0.2, 0.25) is 0 Å². The third-order valence-electron chi connectivity index (χ3n) is 5.51. The topological polar surface area (TPSA) is 106 Å². The van der Waals surface area contributed by atoms with Gasteiger partial charge in [0.15, 0.2) is 0 Å². The van der Waals surface area contributed by atoms with Crippen molar-refractivity contribution in [1.29, 1.82) is 0 Å². The van der Waals surface area contributed by atoms with Gasteiger partial charge in [0.25, 0.3) is 0 Å². The third-order valence-corrected chi connectivity index (χ3v) is 6.37. The van der Waals surface area contributed by atoms with Crippen molar-refractivity contribution >= 4 is 34.2 Å². The predicted molar refractivity (Wildman–Crippen MR) is 130 cm³/mol. The van der Waals surface area contributed by atoms with Crippen LogP contribution in [0.15, 0.2) is 89.1 Å². The summed E-state index contributed by atoms with van der Waals surface area (Å²) in [5.74, 6) is 0.0207. The summed E-state index contributed by atoms with van der Waals surface area (Å²) in [5.41, 5.74) is 2.06. The number of nitrogens with zero attached hydrogens (tertiary/aromatic N) is 5. The summed E-state index contributed by atoms with van der Waals surface area (Å²) in [4.78, 5) is 34.0. The first kappa shape index (κ1) is 22.5. The van der Waals surface area contributed by atoms with E-state index in [2.05, 4.69) is 20.6 Å². The number of thiophene rings is 1. The zero-order chi connectivity index (χ0) is 24.0. The number of benzene rings is 1. The van der Waals surface area contributed by atoms with Crippen molar-refractivity contribution in [3.05, 3.63) is 101 Å². The number of aromatic nitrogens is 4. The highest BCUT2D eigenvalue weighted by molar-refractivity contribution is 7.09. The lowest BCUT2D eigenvalue weighted by Crippen LogP contribution is -2.44. The van der Waals surface area contributed by atoms with Crippen molar-refractivity contribution < 1.29 is 14.0 Å². The smallest absolute Gasteiger partial charge is 0.247 e. The number of amides is 2. The van der Waals surface area contributed by atoms with Gasteiger partial charge in [0.05, 0.1) is 24.9 Å². The Morgan fingerprint density at radius 3 is 2.77 bits per heavy atom. The Morgan fingerprint density at radius 2 is 2.00 bits per heavy atom. The Bertz CT molecular complexity index is 1400. The normalized spacial score (nSPS) is 11.9. The van der Waals surface area contributed by atoms with E-state index in [-0.39, 0.29) is 31.4 Å². The van der Waals surface area contributed by atoms with Crippen LogP contribution in [-0.4, -0.2) is 36.7 Å². The molecule has 0 aliphatic carbocycles. The van der Waals surface area contributed by atoms with Gasteiger partial charge in [-0.15, -0.1) is 16.4 Å². The minimum absolute atomic E-state index is 0.0614. The fourth-order valence-corrected chi connectivity index (χ4v) is 4.54. The molecule has 5 aromatic rings. The Hall–Kier alpha value is -4.31. The summed E-state index contributed by atoms with van der Waals surface area (Å²) in [6.45, 7) is 0.405. The molecule has 10 heteroatoms. The van der Waals surface area contributed by atoms with Gasteiger partial charge < -0.3 is 14.6 Å². The van der Waals surface area contributed by atoms with Crippen molar-refractivity contribution in [2.45, 2.75) is 25.7 Å². The van der Waals surface area contributed by atoms with E-state index < -0.39 is 6.04 Å². The molecule has 5 rings (SSSR count). The molecule has 1 aromatic carbocycles. The van der Waals surface area contributed by atoms with Gasteiger partial charge in [-0.3, -0.25) is 14.6 Å². The predicted octanol–water partition coefficient (Wildman–Crippen LogP) is 3.57. The summed E-state index contributed by atoms with van der Waals surface area (Å²) in [6, 6.07) is 17.5. The first-order valence-electron chi connectivity index (χ1n) is 11.0. The summed E-state index contributed by atoms with van der Waals surface area (Å²) in [7, 11) is 0. The first-order chi connectivity index (χ1) is 17.2. The maximum Gasteiger partial charge on any atom is 0.247 e. The number of carbonyl (C=O) groups is 2. The molecule has 0 spiro atoms. The molecule has 0 fully saturated rings. The van der Waals surface area contributed by atoms with Crippen LogP contribution in [0.25, 0.3) is 11.0 Å². The van der Waals surface area contributed by atoms with Gasteiger partial charge in [0.2, 0.25) is 11.8 Å². The van der Waals surface area contributed by atoms with Gasteiger partial charge in [-0.1, -0.05) is 29.5 Å². The van der Waals surface area contributed by atoms with Gasteiger partial charge in [0, 0.05) is 22.8 Å². The van der Waals surface area contributed by atoms with Crippen molar-refractivity contribution in [3.63, 3.8) is 0 Å². The molecule has 0 radical (unpaired) electrons. The molecule has 4 aromatic heterocycles. The van der Waals surface area contributed by atoms with Gasteiger partial charge >= 0.3 is 0 Å². The molecule has 0 saturated heterocycles. The van der Waals surface area contributed by atoms with Gasteiger partial charge in [0.1, 0.15) is 23.9 Å². The lowest BCUT2D eigenvalue weighted by atomic mass is 10.1. The number of hydrogen-bond donors (Lipinski definition) is 1. The standard InChI is InChI=1S/C25H22N6O3S/c32-23(17-31-22-10-2-1-9-21(22)28-29-31)30(16-20-8-5-13-35-20)24(18-6-3-11-26-14-18)25(33)27-15-19-7-4-12-34-19/h1-14,24H,15-17H2,(H,27,33)/t24-/m0/s1. The number of fused-ring (bicyclic) bond motifs is 1. The first-order valence-corrected chi connectivity index (χ1v) is 11.9. The van der Waals surface area contributed by atoms with Crippen molar-refractivity contribution in [2.24, 2.45) is 0 Å². The molecule has 2 amide bonds. The van der Waals surface area contributed by atoms with Gasteiger partial charge in [-0.05, 0) is 41.8 Å². The molecule has 0 aliphatic heterocycles. The lowest BCUT2D eigenvalue weighted by Gasteiger charge is -2.31. The number of hydrogen-bond acceptors (Lipinski definition) is 7. The molecule has 9 nitrogen and oxygen atoms in total. The second-order valence-electron chi connectivity index (χ2n) is 7.82. The molecule has 0 saturated carbocycles. The Labute approximate surface area is 205 Å². The number of para-hydroxylation sites is 1. The zero-order valence-corrected chi connectivity index (χ0v) is 19.5. The highest BCUT2D eigenvalue weighted by Crippen LogP contribution is 2.26. The second-order valence-corrected chi connectivity index (χ2v) is 8.86. The Balaban J connectivity index is 1.48. The van der Waals surface area contributed by atoms with Gasteiger partial charge in [-0.2, -0.15) is 0 Å². The number of pyridine rings is 1. The van der Waals surface area contributed by atoms with E-state index >= 15 is 0 Å². The summed E-state index contributed by atoms with van der Waals surface area (Å²) in [5, 5.41) is 13.2. The molecule has 35 heavy (non-hydrogen) atoms. The van der Waals surface area contributed by atoms with E-state index in [1.807, 2.05) is 41.8 Å². The van der Waals surface area contributed by atoms with Crippen molar-refractivity contribution in [2.75, 3.05) is 0 Å². The monoisotopic (exact) mass is 486 g/mol. The molecule has 0 unspecified atom stereocenters. The minimum atomic E-state index is -0.900. The fourth-order valence-electron chi connectivity index (χ4n) is 3.84. The molecule has 4 heterocycles. The summed E-state index contributed by atoms with van der Waals surface area (Å²) < 4.78 is 6.90. The number of nitrogens with one attached hydrogen (secondary N) is 1. The number of furan rings is 1. The molecule has 0 aliphatic rings. The molecule has 0 bridgehead atoms. The van der Waals surface area contributed by atoms with Crippen LogP contribution in [0.3, 0.4) is 0 Å². The van der Waals surface area contributed by atoms with Crippen LogP contribution in [0.4, 0.5) is 0 Å². The van der Waals surface area contributed by atoms with Crippen LogP contribution in [0.5, 0.6) is 0 Å². The van der Waals surface area contributed by atoms with Crippen LogP contribution < -0.4 is 5.32 Å². The highest BCUT2D eigenvalue weighted by Gasteiger charge is 2.32. The quantitative estimate of drug-likeness (QED) is 0.341. The third kappa shape index (κ3) is 5.12. The maximum atomic E-state index is 13.8. The second kappa shape index (κ2) is 10.3. The van der Waals surface area contributed by atoms with E-state index in [0.717, 1.165) is 10.4 Å². The zero-order valence-electron chi connectivity index (χ0n) is 18.7. The fraction of sp³-hybridized carbons (Fsp3) is 0.160. The largest absolute Gasteiger partial charge is 0.467 e. The van der Waals surface area contributed by atoms with Crippen molar-refractivity contribution in [1.82, 2.24) is 30.2 Å². The van der Waals surface area contributed by atoms with Crippen LogP contribution >= 0.6 is 11.3 Å². The van der Waals surface area contributed by atoms with Crippen LogP contribution in [0.1, 0.15) is 22.2 Å².